The van der Waals surface area contributed by atoms with E-state index >= 15 is 0 Å². The number of aliphatic hydroxyl groups is 1. The van der Waals surface area contributed by atoms with Crippen LogP contribution in [0.15, 0.2) is 28.8 Å². The van der Waals surface area contributed by atoms with Gasteiger partial charge in [0.05, 0.1) is 6.10 Å². The van der Waals surface area contributed by atoms with Gasteiger partial charge in [-0.15, -0.1) is 0 Å². The van der Waals surface area contributed by atoms with Crippen molar-refractivity contribution in [1.82, 2.24) is 10.1 Å². The molecule has 0 amide bonds. The molecule has 0 aliphatic carbocycles. The number of nitrogens with zero attached hydrogens (tertiary/aromatic N) is 3. The number of carboxylic acids is 1. The molecule has 25 heavy (non-hydrogen) atoms. The van der Waals surface area contributed by atoms with Crippen LogP contribution < -0.4 is 4.90 Å². The molecule has 1 aliphatic rings. The van der Waals surface area contributed by atoms with Crippen molar-refractivity contribution in [3.63, 3.8) is 0 Å². The average molecular weight is 366 g/mol. The lowest BCUT2D eigenvalue weighted by Gasteiger charge is -2.39. The number of piperidine rings is 1. The Hall–Kier alpha value is -2.09. The van der Waals surface area contributed by atoms with Crippen molar-refractivity contribution < 1.29 is 19.5 Å². The highest BCUT2D eigenvalue weighted by molar-refractivity contribution is 6.30. The van der Waals surface area contributed by atoms with Crippen LogP contribution >= 0.6 is 11.6 Å². The van der Waals surface area contributed by atoms with Crippen LogP contribution in [-0.2, 0) is 0 Å². The van der Waals surface area contributed by atoms with Crippen LogP contribution in [0.1, 0.15) is 16.8 Å². The van der Waals surface area contributed by atoms with Crippen molar-refractivity contribution >= 4 is 23.4 Å². The maximum absolute atomic E-state index is 11.8. The van der Waals surface area contributed by atoms with Crippen LogP contribution in [0.25, 0.3) is 11.3 Å². The number of carbonyl (C=O) groups is 1. The van der Waals surface area contributed by atoms with E-state index in [1.807, 2.05) is 19.0 Å². The highest BCUT2D eigenvalue weighted by atomic mass is 35.5. The molecule has 0 unspecified atom stereocenters. The molecule has 1 aromatic heterocycles. The van der Waals surface area contributed by atoms with Crippen molar-refractivity contribution in [1.29, 1.82) is 0 Å². The molecule has 0 saturated carbocycles. The standard InChI is InChI=1S/C17H20ClN3O4/c1-20(2)12-7-8-21(9-13(12)22)16-14(17(23)24)15(25-19-16)10-3-5-11(18)6-4-10/h3-6,12-13,22H,7-9H2,1-2H3,(H,23,24)/t12-,13-/m0/s1. The Morgan fingerprint density at radius 2 is 2.04 bits per heavy atom. The Morgan fingerprint density at radius 1 is 1.36 bits per heavy atom. The van der Waals surface area contributed by atoms with Crippen molar-refractivity contribution in [3.05, 3.63) is 34.9 Å². The van der Waals surface area contributed by atoms with Crippen molar-refractivity contribution in [2.24, 2.45) is 0 Å². The third-order valence-corrected chi connectivity index (χ3v) is 4.76. The van der Waals surface area contributed by atoms with Gasteiger partial charge in [-0.1, -0.05) is 16.8 Å². The molecule has 8 heteroatoms. The molecule has 0 spiro atoms. The second kappa shape index (κ2) is 7.03. The lowest BCUT2D eigenvalue weighted by molar-refractivity contribution is 0.0620. The molecule has 1 fully saturated rings. The Labute approximate surface area is 150 Å². The summed E-state index contributed by atoms with van der Waals surface area (Å²) in [6, 6.07) is 6.74. The molecular formula is C17H20ClN3O4. The summed E-state index contributed by atoms with van der Waals surface area (Å²) in [5.41, 5.74) is 0.585. The molecule has 3 rings (SSSR count). The molecule has 2 atom stereocenters. The summed E-state index contributed by atoms with van der Waals surface area (Å²) in [6.07, 6.45) is 0.109. The fourth-order valence-electron chi connectivity index (χ4n) is 3.20. The van der Waals surface area contributed by atoms with Crippen LogP contribution in [0, 0.1) is 0 Å². The Kier molecular flexibility index (Phi) is 4.99. The minimum absolute atomic E-state index is 0.00201. The minimum Gasteiger partial charge on any atom is -0.477 e. The first-order valence-corrected chi connectivity index (χ1v) is 8.34. The smallest absolute Gasteiger partial charge is 0.343 e. The second-order valence-electron chi connectivity index (χ2n) is 6.36. The first kappa shape index (κ1) is 17.7. The van der Waals surface area contributed by atoms with Crippen LogP contribution in [0.4, 0.5) is 5.82 Å². The summed E-state index contributed by atoms with van der Waals surface area (Å²) in [4.78, 5) is 15.6. The number of anilines is 1. The maximum Gasteiger partial charge on any atom is 0.343 e. The molecule has 1 saturated heterocycles. The lowest BCUT2D eigenvalue weighted by atomic mass is 10.00. The zero-order chi connectivity index (χ0) is 18.1. The monoisotopic (exact) mass is 365 g/mol. The predicted octanol–water partition coefficient (Wildman–Crippen LogP) is 2.19. The number of halogens is 1. The van der Waals surface area contributed by atoms with E-state index in [1.165, 1.54) is 0 Å². The number of hydrogen-bond donors (Lipinski definition) is 2. The van der Waals surface area contributed by atoms with Crippen LogP contribution in [0.5, 0.6) is 0 Å². The maximum atomic E-state index is 11.8. The average Bonchev–Trinajstić information content (AvgIpc) is 3.00. The molecule has 1 aliphatic heterocycles. The van der Waals surface area contributed by atoms with Crippen LogP contribution in [-0.4, -0.2) is 65.6 Å². The summed E-state index contributed by atoms with van der Waals surface area (Å²) in [5.74, 6) is -0.692. The number of aromatic nitrogens is 1. The third-order valence-electron chi connectivity index (χ3n) is 4.50. The summed E-state index contributed by atoms with van der Waals surface area (Å²) in [5, 5.41) is 24.5. The Bertz CT molecular complexity index is 760. The number of rotatable bonds is 4. The van der Waals surface area contributed by atoms with Crippen molar-refractivity contribution in [2.75, 3.05) is 32.1 Å². The van der Waals surface area contributed by atoms with Crippen LogP contribution in [0.2, 0.25) is 5.02 Å². The van der Waals surface area contributed by atoms with E-state index in [4.69, 9.17) is 16.1 Å². The largest absolute Gasteiger partial charge is 0.477 e. The SMILES string of the molecule is CN(C)[C@H]1CCN(c2noc(-c3ccc(Cl)cc3)c2C(=O)O)C[C@@H]1O. The topological polar surface area (TPSA) is 90.0 Å². The first-order chi connectivity index (χ1) is 11.9. The highest BCUT2D eigenvalue weighted by Gasteiger charge is 2.34. The van der Waals surface area contributed by atoms with E-state index in [-0.39, 0.29) is 23.2 Å². The molecule has 2 aromatic rings. The van der Waals surface area contributed by atoms with Gasteiger partial charge in [-0.2, -0.15) is 0 Å². The Morgan fingerprint density at radius 3 is 2.60 bits per heavy atom. The van der Waals surface area contributed by atoms with E-state index in [0.717, 1.165) is 0 Å². The number of likely N-dealkylation sites (N-methyl/N-ethyl adjacent to an activating group) is 1. The molecule has 0 bridgehead atoms. The lowest BCUT2D eigenvalue weighted by Crippen LogP contribution is -2.52. The molecule has 7 nitrogen and oxygen atoms in total. The van der Waals surface area contributed by atoms with E-state index in [1.54, 1.807) is 29.2 Å². The summed E-state index contributed by atoms with van der Waals surface area (Å²) >= 11 is 5.88. The normalized spacial score (nSPS) is 20.9. The molecule has 2 heterocycles. The van der Waals surface area contributed by atoms with Gasteiger partial charge in [0.15, 0.2) is 17.1 Å². The van der Waals surface area contributed by atoms with Gasteiger partial charge in [0.2, 0.25) is 0 Å². The molecule has 0 radical (unpaired) electrons. The number of benzene rings is 1. The van der Waals surface area contributed by atoms with Gasteiger partial charge in [-0.05, 0) is 44.8 Å². The fourth-order valence-corrected chi connectivity index (χ4v) is 3.33. The predicted molar refractivity (Wildman–Crippen MR) is 94.2 cm³/mol. The van der Waals surface area contributed by atoms with Gasteiger partial charge < -0.3 is 24.5 Å². The molecule has 2 N–H and O–H groups in total. The van der Waals surface area contributed by atoms with E-state index < -0.39 is 12.1 Å². The van der Waals surface area contributed by atoms with Gasteiger partial charge in [0.25, 0.3) is 0 Å². The molecular weight excluding hydrogens is 346 g/mol. The highest BCUT2D eigenvalue weighted by Crippen LogP contribution is 2.33. The zero-order valence-corrected chi connectivity index (χ0v) is 14.8. The van der Waals surface area contributed by atoms with E-state index in [0.29, 0.717) is 30.1 Å². The third kappa shape index (κ3) is 3.49. The number of carboxylic acid groups (broad SMARTS) is 1. The summed E-state index contributed by atoms with van der Waals surface area (Å²) < 4.78 is 5.34. The minimum atomic E-state index is -1.12. The quantitative estimate of drug-likeness (QED) is 0.858. The second-order valence-corrected chi connectivity index (χ2v) is 6.79. The van der Waals surface area contributed by atoms with Gasteiger partial charge >= 0.3 is 5.97 Å². The van der Waals surface area contributed by atoms with E-state index in [9.17, 15) is 15.0 Å². The molecule has 1 aromatic carbocycles. The van der Waals surface area contributed by atoms with Gasteiger partial charge in [-0.3, -0.25) is 0 Å². The van der Waals surface area contributed by atoms with Crippen molar-refractivity contribution in [3.8, 4) is 11.3 Å². The van der Waals surface area contributed by atoms with Crippen molar-refractivity contribution in [2.45, 2.75) is 18.6 Å². The van der Waals surface area contributed by atoms with Gasteiger partial charge in [0, 0.05) is 29.7 Å². The fraction of sp³-hybridized carbons (Fsp3) is 0.412. The number of aromatic carboxylic acids is 1. The zero-order valence-electron chi connectivity index (χ0n) is 14.0. The molecule has 134 valence electrons. The summed E-state index contributed by atoms with van der Waals surface area (Å²) in [7, 11) is 3.84. The van der Waals surface area contributed by atoms with Gasteiger partial charge in [-0.25, -0.2) is 4.79 Å². The number of hydrogen-bond acceptors (Lipinski definition) is 6. The Balaban J connectivity index is 1.93. The van der Waals surface area contributed by atoms with Gasteiger partial charge in [0.1, 0.15) is 0 Å². The first-order valence-electron chi connectivity index (χ1n) is 7.97. The number of β-amino-alcohol motifs (C(OH)–C–C–N with tert-alkyl or cyclic N) is 1. The van der Waals surface area contributed by atoms with Crippen LogP contribution in [0.3, 0.4) is 0 Å². The van der Waals surface area contributed by atoms with E-state index in [2.05, 4.69) is 5.16 Å². The number of aliphatic hydroxyl groups excluding tert-OH is 1. The summed E-state index contributed by atoms with van der Waals surface area (Å²) in [6.45, 7) is 0.891.